The number of nitrogens with two attached hydrogens (primary N) is 4. The van der Waals surface area contributed by atoms with Crippen molar-refractivity contribution >= 4 is 11.7 Å². The number of rotatable bonds is 9. The Bertz CT molecular complexity index is 724. The van der Waals surface area contributed by atoms with Crippen molar-refractivity contribution in [3.63, 3.8) is 0 Å². The van der Waals surface area contributed by atoms with Crippen LogP contribution in [-0.2, 0) is 0 Å². The quantitative estimate of drug-likeness (QED) is 0.268. The predicted molar refractivity (Wildman–Crippen MR) is 103 cm³/mol. The van der Waals surface area contributed by atoms with Gasteiger partial charge in [0, 0.05) is 0 Å². The zero-order valence-electron chi connectivity index (χ0n) is 14.5. The molecule has 0 fully saturated rings. The van der Waals surface area contributed by atoms with E-state index in [0.29, 0.717) is 24.9 Å². The lowest BCUT2D eigenvalue weighted by molar-refractivity contribution is -0.115. The van der Waals surface area contributed by atoms with E-state index in [9.17, 15) is 0 Å². The van der Waals surface area contributed by atoms with Crippen LogP contribution in [0.4, 0.5) is 0 Å². The number of benzene rings is 2. The average molecular weight is 352 g/mol. The Hall–Kier alpha value is -3.54. The molecule has 0 spiro atoms. The van der Waals surface area contributed by atoms with Crippen LogP contribution in [0.5, 0.6) is 11.5 Å². The normalized spacial score (nSPS) is 10.9. The first-order valence-electron chi connectivity index (χ1n) is 8.10. The molecule has 0 heterocycles. The lowest BCUT2D eigenvalue weighted by Crippen LogP contribution is -2.46. The van der Waals surface area contributed by atoms with Gasteiger partial charge < -0.3 is 9.47 Å². The molecule has 6 heteroatoms. The SMILES string of the molecule is NC(=[NH2+])c1ccc(OC/C=C/C=C/COc2ccc(C(N)=[NH2+])cc2)cc1. The van der Waals surface area contributed by atoms with Gasteiger partial charge in [0.05, 0.1) is 11.1 Å². The molecule has 2 aromatic rings. The molecule has 0 aliphatic carbocycles. The number of allylic oxidation sites excluding steroid dienone is 2. The monoisotopic (exact) mass is 352 g/mol. The molecule has 8 N–H and O–H groups in total. The van der Waals surface area contributed by atoms with Gasteiger partial charge >= 0.3 is 0 Å². The highest BCUT2D eigenvalue weighted by Gasteiger charge is 2.01. The molecule has 134 valence electrons. The van der Waals surface area contributed by atoms with Crippen molar-refractivity contribution in [2.75, 3.05) is 13.2 Å². The highest BCUT2D eigenvalue weighted by Crippen LogP contribution is 2.12. The van der Waals surface area contributed by atoms with Crippen LogP contribution < -0.4 is 31.8 Å². The molecule has 0 saturated heterocycles. The van der Waals surface area contributed by atoms with Crippen LogP contribution in [-0.4, -0.2) is 24.9 Å². The molecule has 0 saturated carbocycles. The predicted octanol–water partition coefficient (Wildman–Crippen LogP) is -0.814. The van der Waals surface area contributed by atoms with Crippen molar-refractivity contribution in [3.8, 4) is 11.5 Å². The number of hydrogen-bond acceptors (Lipinski definition) is 2. The van der Waals surface area contributed by atoms with Crippen LogP contribution in [0.15, 0.2) is 72.8 Å². The smallest absolute Gasteiger partial charge is 0.270 e. The second-order valence-electron chi connectivity index (χ2n) is 5.44. The molecule has 0 unspecified atom stereocenters. The summed E-state index contributed by atoms with van der Waals surface area (Å²) in [6.45, 7) is 0.926. The van der Waals surface area contributed by atoms with Gasteiger partial charge in [-0.1, -0.05) is 12.2 Å². The summed E-state index contributed by atoms with van der Waals surface area (Å²) >= 11 is 0. The second-order valence-corrected chi connectivity index (χ2v) is 5.44. The van der Waals surface area contributed by atoms with Gasteiger partial charge in [-0.15, -0.1) is 0 Å². The number of amidine groups is 2. The Morgan fingerprint density at radius 2 is 1.04 bits per heavy atom. The molecule has 0 aliphatic rings. The van der Waals surface area contributed by atoms with Crippen molar-refractivity contribution in [3.05, 3.63) is 84.0 Å². The summed E-state index contributed by atoms with van der Waals surface area (Å²) in [5.41, 5.74) is 12.6. The van der Waals surface area contributed by atoms with Crippen molar-refractivity contribution < 1.29 is 20.3 Å². The summed E-state index contributed by atoms with van der Waals surface area (Å²) in [5.74, 6) is 2.10. The third-order valence-corrected chi connectivity index (χ3v) is 3.45. The first-order chi connectivity index (χ1) is 12.6. The molecular formula is C20H24N4O2+2. The summed E-state index contributed by atoms with van der Waals surface area (Å²) in [7, 11) is 0. The molecule has 0 bridgehead atoms. The van der Waals surface area contributed by atoms with Crippen LogP contribution in [0, 0.1) is 0 Å². The molecule has 26 heavy (non-hydrogen) atoms. The van der Waals surface area contributed by atoms with E-state index in [4.69, 9.17) is 31.8 Å². The first kappa shape index (κ1) is 18.8. The van der Waals surface area contributed by atoms with Gasteiger partial charge in [0.15, 0.2) is 0 Å². The topological polar surface area (TPSA) is 122 Å². The lowest BCUT2D eigenvalue weighted by atomic mass is 10.2. The standard InChI is InChI=1S/C20H22N4O2/c21-19(22)15-5-9-17(10-6-15)25-13-3-1-2-4-14-26-18-11-7-16(8-12-18)20(23)24/h1-12H,13-14H2,(H3,21,22)(H3,23,24)/p+2/b3-1+,4-2+. The number of ether oxygens (including phenoxy) is 2. The minimum atomic E-state index is 0.293. The van der Waals surface area contributed by atoms with E-state index >= 15 is 0 Å². The highest BCUT2D eigenvalue weighted by molar-refractivity contribution is 5.93. The van der Waals surface area contributed by atoms with Crippen LogP contribution in [0.3, 0.4) is 0 Å². The average Bonchev–Trinajstić information content (AvgIpc) is 2.64. The fourth-order valence-electron chi connectivity index (χ4n) is 2.04. The Morgan fingerprint density at radius 1 is 0.692 bits per heavy atom. The number of hydrogen-bond donors (Lipinski definition) is 4. The van der Waals surface area contributed by atoms with E-state index in [1.54, 1.807) is 0 Å². The maximum atomic E-state index is 5.58. The molecule has 0 amide bonds. The molecular weight excluding hydrogens is 328 g/mol. The van der Waals surface area contributed by atoms with Crippen LogP contribution >= 0.6 is 0 Å². The van der Waals surface area contributed by atoms with Gasteiger partial charge in [0.2, 0.25) is 0 Å². The van der Waals surface area contributed by atoms with Crippen LogP contribution in [0.1, 0.15) is 11.1 Å². The van der Waals surface area contributed by atoms with Gasteiger partial charge in [0.1, 0.15) is 24.7 Å². The summed E-state index contributed by atoms with van der Waals surface area (Å²) in [6, 6.07) is 14.6. The summed E-state index contributed by atoms with van der Waals surface area (Å²) in [5, 5.41) is 11.0. The van der Waals surface area contributed by atoms with E-state index in [-0.39, 0.29) is 0 Å². The van der Waals surface area contributed by atoms with E-state index in [1.807, 2.05) is 72.8 Å². The Morgan fingerprint density at radius 3 is 1.35 bits per heavy atom. The molecule has 0 aliphatic heterocycles. The molecule has 0 atom stereocenters. The lowest BCUT2D eigenvalue weighted by Gasteiger charge is -2.03. The summed E-state index contributed by atoms with van der Waals surface area (Å²) in [6.07, 6.45) is 7.61. The van der Waals surface area contributed by atoms with Crippen molar-refractivity contribution in [1.29, 1.82) is 0 Å². The van der Waals surface area contributed by atoms with Gasteiger partial charge in [-0.3, -0.25) is 22.3 Å². The van der Waals surface area contributed by atoms with Crippen molar-refractivity contribution in [1.82, 2.24) is 0 Å². The molecule has 0 radical (unpaired) electrons. The molecule has 2 aromatic carbocycles. The first-order valence-corrected chi connectivity index (χ1v) is 8.10. The Kier molecular flexibility index (Phi) is 7.00. The summed E-state index contributed by atoms with van der Waals surface area (Å²) in [4.78, 5) is 0. The van der Waals surface area contributed by atoms with E-state index in [0.717, 1.165) is 22.6 Å². The van der Waals surface area contributed by atoms with Crippen molar-refractivity contribution in [2.24, 2.45) is 11.5 Å². The maximum absolute atomic E-state index is 5.58. The molecule has 0 aromatic heterocycles. The highest BCUT2D eigenvalue weighted by atomic mass is 16.5. The summed E-state index contributed by atoms with van der Waals surface area (Å²) < 4.78 is 11.2. The largest absolute Gasteiger partial charge is 0.490 e. The third-order valence-electron chi connectivity index (χ3n) is 3.45. The van der Waals surface area contributed by atoms with Crippen LogP contribution in [0.25, 0.3) is 0 Å². The van der Waals surface area contributed by atoms with Gasteiger partial charge in [0.25, 0.3) is 11.7 Å². The van der Waals surface area contributed by atoms with Crippen LogP contribution in [0.2, 0.25) is 0 Å². The fourth-order valence-corrected chi connectivity index (χ4v) is 2.04. The van der Waals surface area contributed by atoms with Gasteiger partial charge in [-0.25, -0.2) is 0 Å². The zero-order valence-corrected chi connectivity index (χ0v) is 14.5. The minimum Gasteiger partial charge on any atom is -0.490 e. The zero-order chi connectivity index (χ0) is 18.8. The van der Waals surface area contributed by atoms with E-state index < -0.39 is 0 Å². The maximum Gasteiger partial charge on any atom is 0.270 e. The Balaban J connectivity index is 1.66. The van der Waals surface area contributed by atoms with Gasteiger partial charge in [-0.2, -0.15) is 0 Å². The minimum absolute atomic E-state index is 0.293. The molecule has 6 nitrogen and oxygen atoms in total. The third kappa shape index (κ3) is 6.16. The van der Waals surface area contributed by atoms with Crippen molar-refractivity contribution in [2.45, 2.75) is 0 Å². The Labute approximate surface area is 152 Å². The van der Waals surface area contributed by atoms with Gasteiger partial charge in [-0.05, 0) is 60.7 Å². The fraction of sp³-hybridized carbons (Fsp3) is 0.100. The molecule has 2 rings (SSSR count). The van der Waals surface area contributed by atoms with E-state index in [1.165, 1.54) is 0 Å². The van der Waals surface area contributed by atoms with E-state index in [2.05, 4.69) is 0 Å². The second kappa shape index (κ2) is 9.68.